The third kappa shape index (κ3) is 2.37. The standard InChI is InChI=1S/C16H18N4O3S/c1-18-9-16(23-15(18)22)5-6-20(10-16)14(21)12-8-11(17-19(12)2)13-4-3-7-24-13/h3-4,7-8H,5-6,9-10H2,1-2H3. The molecule has 24 heavy (non-hydrogen) atoms. The molecule has 8 heteroatoms. The quantitative estimate of drug-likeness (QED) is 0.832. The van der Waals surface area contributed by atoms with Gasteiger partial charge in [-0.3, -0.25) is 9.48 Å². The van der Waals surface area contributed by atoms with Crippen molar-refractivity contribution in [2.24, 2.45) is 7.05 Å². The lowest BCUT2D eigenvalue weighted by molar-refractivity contribution is 0.0548. The summed E-state index contributed by atoms with van der Waals surface area (Å²) >= 11 is 1.59. The summed E-state index contributed by atoms with van der Waals surface area (Å²) in [5.41, 5.74) is 0.793. The molecule has 7 nitrogen and oxygen atoms in total. The van der Waals surface area contributed by atoms with Crippen LogP contribution >= 0.6 is 11.3 Å². The average molecular weight is 346 g/mol. The average Bonchev–Trinajstić information content (AvgIpc) is 3.28. The predicted octanol–water partition coefficient (Wildman–Crippen LogP) is 1.82. The first-order chi connectivity index (χ1) is 11.5. The Balaban J connectivity index is 1.54. The molecule has 2 saturated heterocycles. The van der Waals surface area contributed by atoms with Crippen molar-refractivity contribution in [3.8, 4) is 10.6 Å². The van der Waals surface area contributed by atoms with Crippen LogP contribution in [0, 0.1) is 0 Å². The van der Waals surface area contributed by atoms with Gasteiger partial charge in [-0.25, -0.2) is 4.79 Å². The zero-order valence-corrected chi connectivity index (χ0v) is 14.4. The summed E-state index contributed by atoms with van der Waals surface area (Å²) in [7, 11) is 3.50. The van der Waals surface area contributed by atoms with Crippen molar-refractivity contribution in [2.75, 3.05) is 26.7 Å². The zero-order valence-electron chi connectivity index (χ0n) is 13.6. The monoisotopic (exact) mass is 346 g/mol. The highest BCUT2D eigenvalue weighted by Gasteiger charge is 2.49. The zero-order chi connectivity index (χ0) is 16.9. The summed E-state index contributed by atoms with van der Waals surface area (Å²) in [6.07, 6.45) is 0.356. The minimum Gasteiger partial charge on any atom is -0.439 e. The van der Waals surface area contributed by atoms with Crippen molar-refractivity contribution < 1.29 is 14.3 Å². The summed E-state index contributed by atoms with van der Waals surface area (Å²) < 4.78 is 7.13. The maximum Gasteiger partial charge on any atom is 0.410 e. The summed E-state index contributed by atoms with van der Waals surface area (Å²) in [6, 6.07) is 5.78. The summed E-state index contributed by atoms with van der Waals surface area (Å²) in [6.45, 7) is 1.54. The maximum atomic E-state index is 12.9. The van der Waals surface area contributed by atoms with E-state index in [9.17, 15) is 9.59 Å². The minimum absolute atomic E-state index is 0.0738. The number of thiophene rings is 1. The van der Waals surface area contributed by atoms with Gasteiger partial charge in [0.1, 0.15) is 11.4 Å². The number of amides is 2. The van der Waals surface area contributed by atoms with Crippen molar-refractivity contribution in [1.82, 2.24) is 19.6 Å². The fourth-order valence-electron chi connectivity index (χ4n) is 3.40. The van der Waals surface area contributed by atoms with E-state index in [0.717, 1.165) is 10.6 Å². The second-order valence-corrected chi connectivity index (χ2v) is 7.35. The first kappa shape index (κ1) is 15.2. The van der Waals surface area contributed by atoms with Crippen LogP contribution in [0.3, 0.4) is 0 Å². The first-order valence-electron chi connectivity index (χ1n) is 7.79. The molecule has 0 aliphatic carbocycles. The highest BCUT2D eigenvalue weighted by molar-refractivity contribution is 7.13. The topological polar surface area (TPSA) is 67.7 Å². The van der Waals surface area contributed by atoms with Crippen molar-refractivity contribution >= 4 is 23.3 Å². The number of carbonyl (C=O) groups excluding carboxylic acids is 2. The van der Waals surface area contributed by atoms with Gasteiger partial charge in [0, 0.05) is 27.1 Å². The van der Waals surface area contributed by atoms with E-state index < -0.39 is 5.60 Å². The molecular weight excluding hydrogens is 328 g/mol. The van der Waals surface area contributed by atoms with E-state index in [2.05, 4.69) is 5.10 Å². The van der Waals surface area contributed by atoms with Gasteiger partial charge < -0.3 is 14.5 Å². The van der Waals surface area contributed by atoms with Crippen LogP contribution in [-0.2, 0) is 11.8 Å². The van der Waals surface area contributed by atoms with Crippen LogP contribution in [0.4, 0.5) is 4.79 Å². The Bertz CT molecular complexity index is 800. The van der Waals surface area contributed by atoms with Gasteiger partial charge in [-0.2, -0.15) is 5.10 Å². The van der Waals surface area contributed by atoms with E-state index >= 15 is 0 Å². The van der Waals surface area contributed by atoms with Gasteiger partial charge in [-0.05, 0) is 17.5 Å². The Kier molecular flexibility index (Phi) is 3.38. The number of nitrogens with zero attached hydrogens (tertiary/aromatic N) is 4. The number of hydrogen-bond donors (Lipinski definition) is 0. The number of likely N-dealkylation sites (N-methyl/N-ethyl adjacent to an activating group) is 1. The molecule has 0 saturated carbocycles. The highest BCUT2D eigenvalue weighted by atomic mass is 32.1. The van der Waals surface area contributed by atoms with Gasteiger partial charge in [0.15, 0.2) is 5.60 Å². The maximum absolute atomic E-state index is 12.9. The minimum atomic E-state index is -0.559. The van der Waals surface area contributed by atoms with E-state index in [0.29, 0.717) is 31.7 Å². The number of aromatic nitrogens is 2. The van der Waals surface area contributed by atoms with Crippen LogP contribution in [0.1, 0.15) is 16.9 Å². The number of likely N-dealkylation sites (tertiary alicyclic amines) is 1. The van der Waals surface area contributed by atoms with Crippen LogP contribution in [0.25, 0.3) is 10.6 Å². The number of aryl methyl sites for hydroxylation is 1. The Labute approximate surface area is 143 Å². The summed E-state index contributed by atoms with van der Waals surface area (Å²) in [5, 5.41) is 6.43. The smallest absolute Gasteiger partial charge is 0.410 e. The van der Waals surface area contributed by atoms with Gasteiger partial charge >= 0.3 is 6.09 Å². The van der Waals surface area contributed by atoms with E-state index in [-0.39, 0.29) is 12.0 Å². The third-order valence-corrected chi connectivity index (χ3v) is 5.51. The van der Waals surface area contributed by atoms with Gasteiger partial charge in [0.2, 0.25) is 0 Å². The predicted molar refractivity (Wildman–Crippen MR) is 88.9 cm³/mol. The van der Waals surface area contributed by atoms with Crippen molar-refractivity contribution in [1.29, 1.82) is 0 Å². The van der Waals surface area contributed by atoms with Gasteiger partial charge in [0.05, 0.1) is 18.0 Å². The Morgan fingerprint density at radius 1 is 1.38 bits per heavy atom. The van der Waals surface area contributed by atoms with Crippen LogP contribution in [0.15, 0.2) is 23.6 Å². The molecule has 1 unspecified atom stereocenters. The van der Waals surface area contributed by atoms with Gasteiger partial charge in [-0.15, -0.1) is 11.3 Å². The highest BCUT2D eigenvalue weighted by Crippen LogP contribution is 2.33. The lowest BCUT2D eigenvalue weighted by Crippen LogP contribution is -2.39. The molecule has 2 aromatic rings. The first-order valence-corrected chi connectivity index (χ1v) is 8.67. The Morgan fingerprint density at radius 2 is 2.21 bits per heavy atom. The molecule has 0 radical (unpaired) electrons. The SMILES string of the molecule is CN1CC2(CCN(C(=O)c3cc(-c4cccs4)nn3C)C2)OC1=O. The van der Waals surface area contributed by atoms with E-state index in [4.69, 9.17) is 4.74 Å². The molecule has 0 aromatic carbocycles. The molecule has 4 rings (SSSR count). The molecule has 2 aromatic heterocycles. The second-order valence-electron chi connectivity index (χ2n) is 6.40. The van der Waals surface area contributed by atoms with Crippen LogP contribution in [0.5, 0.6) is 0 Å². The molecule has 126 valence electrons. The van der Waals surface area contributed by atoms with Crippen LogP contribution in [0.2, 0.25) is 0 Å². The molecule has 4 heterocycles. The van der Waals surface area contributed by atoms with E-state index in [1.807, 2.05) is 23.6 Å². The molecule has 2 aliphatic heterocycles. The molecule has 0 bridgehead atoms. The van der Waals surface area contributed by atoms with Gasteiger partial charge in [-0.1, -0.05) is 6.07 Å². The van der Waals surface area contributed by atoms with Crippen molar-refractivity contribution in [3.63, 3.8) is 0 Å². The van der Waals surface area contributed by atoms with Crippen molar-refractivity contribution in [2.45, 2.75) is 12.0 Å². The van der Waals surface area contributed by atoms with Crippen LogP contribution in [-0.4, -0.2) is 63.9 Å². The molecule has 0 N–H and O–H groups in total. The molecule has 2 fully saturated rings. The van der Waals surface area contributed by atoms with Crippen LogP contribution < -0.4 is 0 Å². The van der Waals surface area contributed by atoms with E-state index in [1.54, 1.807) is 39.9 Å². The molecule has 2 aliphatic rings. The summed E-state index contributed by atoms with van der Waals surface area (Å²) in [4.78, 5) is 28.9. The lowest BCUT2D eigenvalue weighted by Gasteiger charge is -2.21. The normalized spacial score (nSPS) is 23.3. The largest absolute Gasteiger partial charge is 0.439 e. The molecular formula is C16H18N4O3S. The Hall–Kier alpha value is -2.35. The third-order valence-electron chi connectivity index (χ3n) is 4.62. The molecule has 2 amide bonds. The number of carbonyl (C=O) groups is 2. The number of ether oxygens (including phenoxy) is 1. The fraction of sp³-hybridized carbons (Fsp3) is 0.438. The Morgan fingerprint density at radius 3 is 2.88 bits per heavy atom. The lowest BCUT2D eigenvalue weighted by atomic mass is 10.0. The summed E-state index contributed by atoms with van der Waals surface area (Å²) in [5.74, 6) is -0.0738. The molecule has 1 spiro atoms. The van der Waals surface area contributed by atoms with E-state index in [1.165, 1.54) is 0 Å². The van der Waals surface area contributed by atoms with Crippen molar-refractivity contribution in [3.05, 3.63) is 29.3 Å². The fourth-order valence-corrected chi connectivity index (χ4v) is 4.08. The van der Waals surface area contributed by atoms with Gasteiger partial charge in [0.25, 0.3) is 5.91 Å². The number of hydrogen-bond acceptors (Lipinski definition) is 5. The number of rotatable bonds is 2. The molecule has 1 atom stereocenters. The second kappa shape index (κ2) is 5.34.